The van der Waals surface area contributed by atoms with Crippen LogP contribution in [0.2, 0.25) is 0 Å². The minimum absolute atomic E-state index is 0.0576. The number of amides is 1. The Morgan fingerprint density at radius 3 is 2.63 bits per heavy atom. The Morgan fingerprint density at radius 1 is 1.11 bits per heavy atom. The highest BCUT2D eigenvalue weighted by Crippen LogP contribution is 2.32. The van der Waals surface area contributed by atoms with Gasteiger partial charge < -0.3 is 10.1 Å². The van der Waals surface area contributed by atoms with Crippen LogP contribution in [-0.2, 0) is 24.0 Å². The number of rotatable bonds is 9. The average Bonchev–Trinajstić information content (AvgIpc) is 3.30. The molecule has 1 amide bonds. The lowest BCUT2D eigenvalue weighted by Crippen LogP contribution is -2.19. The highest BCUT2D eigenvalue weighted by Gasteiger charge is 2.30. The van der Waals surface area contributed by atoms with E-state index in [1.165, 1.54) is 41.8 Å². The van der Waals surface area contributed by atoms with E-state index in [-0.39, 0.29) is 24.5 Å². The van der Waals surface area contributed by atoms with Gasteiger partial charge in [-0.05, 0) is 75.6 Å². The fourth-order valence-corrected chi connectivity index (χ4v) is 4.42. The van der Waals surface area contributed by atoms with Gasteiger partial charge in [0.25, 0.3) is 0 Å². The average molecular weight is 607 g/mol. The normalized spacial score (nSPS) is 11.5. The van der Waals surface area contributed by atoms with Crippen LogP contribution >= 0.6 is 27.3 Å². The summed E-state index contributed by atoms with van der Waals surface area (Å²) in [6.07, 6.45) is -3.03. The van der Waals surface area contributed by atoms with Gasteiger partial charge in [-0.1, -0.05) is 18.2 Å². The number of aromatic nitrogens is 1. The predicted octanol–water partition coefficient (Wildman–Crippen LogP) is 7.08. The second kappa shape index (κ2) is 12.2. The number of carbonyl (C=O) groups excluding carboxylic acids is 1. The minimum Gasteiger partial charge on any atom is -0.488 e. The third kappa shape index (κ3) is 7.86. The molecule has 0 bridgehead atoms. The van der Waals surface area contributed by atoms with E-state index in [0.29, 0.717) is 26.6 Å². The van der Waals surface area contributed by atoms with Gasteiger partial charge in [-0.25, -0.2) is 14.8 Å². The van der Waals surface area contributed by atoms with Crippen LogP contribution in [-0.4, -0.2) is 17.1 Å². The number of nitrogens with zero attached hydrogens (tertiary/aromatic N) is 2. The molecule has 0 saturated heterocycles. The molecule has 0 atom stereocenters. The van der Waals surface area contributed by atoms with Gasteiger partial charge >= 0.3 is 6.18 Å². The second-order valence-corrected chi connectivity index (χ2v) is 9.63. The van der Waals surface area contributed by atoms with Crippen LogP contribution in [0.4, 0.5) is 28.4 Å². The molecular formula is C26H19BrF4N4O2S. The first-order valence-electron chi connectivity index (χ1n) is 11.0. The van der Waals surface area contributed by atoms with Gasteiger partial charge in [0.05, 0.1) is 28.4 Å². The van der Waals surface area contributed by atoms with E-state index in [0.717, 1.165) is 17.7 Å². The summed E-state index contributed by atoms with van der Waals surface area (Å²) < 4.78 is 58.1. The fraction of sp³-hybridized carbons (Fsp3) is 0.115. The third-order valence-corrected chi connectivity index (χ3v) is 6.43. The first-order valence-corrected chi connectivity index (χ1v) is 12.7. The van der Waals surface area contributed by atoms with Gasteiger partial charge in [-0.15, -0.1) is 11.3 Å². The Labute approximate surface area is 227 Å². The molecule has 4 rings (SSSR count). The van der Waals surface area contributed by atoms with Crippen molar-refractivity contribution in [1.82, 2.24) is 10.4 Å². The summed E-state index contributed by atoms with van der Waals surface area (Å²) in [6.45, 7) is 0.274. The van der Waals surface area contributed by atoms with Crippen molar-refractivity contribution < 1.29 is 27.1 Å². The highest BCUT2D eigenvalue weighted by molar-refractivity contribution is 9.10. The zero-order chi connectivity index (χ0) is 27.1. The molecule has 1 aromatic heterocycles. The van der Waals surface area contributed by atoms with E-state index in [2.05, 4.69) is 36.8 Å². The molecule has 6 nitrogen and oxygen atoms in total. The monoisotopic (exact) mass is 606 g/mol. The Kier molecular flexibility index (Phi) is 8.74. The molecule has 0 spiro atoms. The lowest BCUT2D eigenvalue weighted by molar-refractivity contribution is -0.137. The fourth-order valence-electron chi connectivity index (χ4n) is 3.18. The van der Waals surface area contributed by atoms with Crippen LogP contribution in [0.5, 0.6) is 5.75 Å². The summed E-state index contributed by atoms with van der Waals surface area (Å²) in [5.41, 5.74) is 3.87. The van der Waals surface area contributed by atoms with Crippen molar-refractivity contribution in [1.29, 1.82) is 0 Å². The molecule has 0 saturated carbocycles. The first-order chi connectivity index (χ1) is 18.2. The predicted molar refractivity (Wildman–Crippen MR) is 141 cm³/mol. The van der Waals surface area contributed by atoms with Gasteiger partial charge in [0.1, 0.15) is 18.2 Å². The van der Waals surface area contributed by atoms with Crippen molar-refractivity contribution in [3.63, 3.8) is 0 Å². The third-order valence-electron chi connectivity index (χ3n) is 5.00. The SMILES string of the molecule is O=C(Cc1csc(Nc2cccc(C(F)(F)F)c2)n1)N/N=C\c1ccc(OCc2ccc(F)cc2)c(Br)c1. The molecule has 1 heterocycles. The maximum atomic E-state index is 13.0. The van der Waals surface area contributed by atoms with Crippen LogP contribution in [0, 0.1) is 5.82 Å². The Hall–Kier alpha value is -3.77. The van der Waals surface area contributed by atoms with E-state index < -0.39 is 17.6 Å². The van der Waals surface area contributed by atoms with Gasteiger partial charge in [0, 0.05) is 11.1 Å². The van der Waals surface area contributed by atoms with Crippen molar-refractivity contribution in [2.45, 2.75) is 19.2 Å². The molecule has 0 radical (unpaired) electrons. The standard InChI is InChI=1S/C26H19BrF4N4O2S/c27-22-10-17(6-9-23(22)37-14-16-4-7-19(28)8-5-16)13-32-35-24(36)12-21-15-38-25(34-21)33-20-3-1-2-18(11-20)26(29,30)31/h1-11,13,15H,12,14H2,(H,33,34)(H,35,36)/b32-13-. The first kappa shape index (κ1) is 27.3. The molecular weight excluding hydrogens is 588 g/mol. The number of alkyl halides is 3. The van der Waals surface area contributed by atoms with Crippen LogP contribution in [0.3, 0.4) is 0 Å². The maximum Gasteiger partial charge on any atom is 0.416 e. The van der Waals surface area contributed by atoms with Crippen molar-refractivity contribution in [2.75, 3.05) is 5.32 Å². The number of ether oxygens (including phenoxy) is 1. The maximum absolute atomic E-state index is 13.0. The van der Waals surface area contributed by atoms with Gasteiger partial charge in [0.2, 0.25) is 5.91 Å². The van der Waals surface area contributed by atoms with Crippen LogP contribution in [0.15, 0.2) is 81.7 Å². The molecule has 12 heteroatoms. The number of hydrazone groups is 1. The van der Waals surface area contributed by atoms with Crippen LogP contribution < -0.4 is 15.5 Å². The summed E-state index contributed by atoms with van der Waals surface area (Å²) in [5, 5.41) is 8.77. The number of carbonyl (C=O) groups is 1. The molecule has 38 heavy (non-hydrogen) atoms. The van der Waals surface area contributed by atoms with Gasteiger partial charge in [-0.2, -0.15) is 18.3 Å². The minimum atomic E-state index is -4.44. The number of hydrogen-bond donors (Lipinski definition) is 2. The zero-order valence-corrected chi connectivity index (χ0v) is 21.8. The Balaban J connectivity index is 1.26. The molecule has 0 aliphatic rings. The molecule has 0 fully saturated rings. The van der Waals surface area contributed by atoms with Crippen LogP contribution in [0.25, 0.3) is 0 Å². The smallest absolute Gasteiger partial charge is 0.416 e. The number of benzene rings is 3. The summed E-state index contributed by atoms with van der Waals surface area (Å²) in [4.78, 5) is 16.5. The molecule has 196 valence electrons. The number of nitrogens with one attached hydrogen (secondary N) is 2. The van der Waals surface area contributed by atoms with E-state index in [4.69, 9.17) is 4.74 Å². The van der Waals surface area contributed by atoms with Crippen molar-refractivity contribution in [3.8, 4) is 5.75 Å². The molecule has 0 aliphatic heterocycles. The lowest BCUT2D eigenvalue weighted by atomic mass is 10.2. The van der Waals surface area contributed by atoms with Gasteiger partial charge in [-0.3, -0.25) is 4.79 Å². The lowest BCUT2D eigenvalue weighted by Gasteiger charge is -2.09. The summed E-state index contributed by atoms with van der Waals surface area (Å²) in [5.74, 6) is -0.128. The zero-order valence-electron chi connectivity index (χ0n) is 19.4. The Morgan fingerprint density at radius 2 is 1.89 bits per heavy atom. The molecule has 4 aromatic rings. The largest absolute Gasteiger partial charge is 0.488 e. The summed E-state index contributed by atoms with van der Waals surface area (Å²) in [6, 6.07) is 16.1. The molecule has 0 aliphatic carbocycles. The molecule has 2 N–H and O–H groups in total. The van der Waals surface area contributed by atoms with E-state index in [9.17, 15) is 22.4 Å². The molecule has 0 unspecified atom stereocenters. The van der Waals surface area contributed by atoms with Gasteiger partial charge in [0.15, 0.2) is 5.13 Å². The van der Waals surface area contributed by atoms with E-state index >= 15 is 0 Å². The van der Waals surface area contributed by atoms with Crippen molar-refractivity contribution >= 4 is 50.2 Å². The van der Waals surface area contributed by atoms with E-state index in [1.54, 1.807) is 35.7 Å². The van der Waals surface area contributed by atoms with Crippen molar-refractivity contribution in [2.24, 2.45) is 5.10 Å². The van der Waals surface area contributed by atoms with Crippen LogP contribution in [0.1, 0.15) is 22.4 Å². The molecule has 3 aromatic carbocycles. The summed E-state index contributed by atoms with van der Waals surface area (Å²) in [7, 11) is 0. The second-order valence-electron chi connectivity index (χ2n) is 7.92. The highest BCUT2D eigenvalue weighted by atomic mass is 79.9. The Bertz CT molecular complexity index is 1440. The number of halogens is 5. The van der Waals surface area contributed by atoms with E-state index in [1.807, 2.05) is 0 Å². The van der Waals surface area contributed by atoms with Crippen molar-refractivity contribution in [3.05, 3.63) is 105 Å². The number of hydrogen-bond acceptors (Lipinski definition) is 6. The number of anilines is 2. The summed E-state index contributed by atoms with van der Waals surface area (Å²) >= 11 is 4.60. The quantitative estimate of drug-likeness (QED) is 0.121. The number of thiazole rings is 1. The topological polar surface area (TPSA) is 75.6 Å².